The highest BCUT2D eigenvalue weighted by molar-refractivity contribution is 6.30. The van der Waals surface area contributed by atoms with E-state index in [1.807, 2.05) is 12.3 Å². The SMILES string of the molecule is ClC1=C2CC(c3ccccn3)C2=CCC1. The summed E-state index contributed by atoms with van der Waals surface area (Å²) in [6, 6.07) is 6.11. The van der Waals surface area contributed by atoms with Gasteiger partial charge in [0, 0.05) is 22.8 Å². The zero-order chi connectivity index (χ0) is 10.3. The lowest BCUT2D eigenvalue weighted by Crippen LogP contribution is -2.21. The molecule has 1 unspecified atom stereocenters. The van der Waals surface area contributed by atoms with Crippen molar-refractivity contribution in [1.29, 1.82) is 0 Å². The number of rotatable bonds is 1. The van der Waals surface area contributed by atoms with E-state index in [-0.39, 0.29) is 0 Å². The van der Waals surface area contributed by atoms with E-state index in [1.54, 1.807) is 0 Å². The van der Waals surface area contributed by atoms with Crippen LogP contribution < -0.4 is 0 Å². The normalized spacial score (nSPS) is 24.3. The van der Waals surface area contributed by atoms with Crippen LogP contribution in [0.2, 0.25) is 0 Å². The average Bonchev–Trinajstić information content (AvgIpc) is 2.23. The van der Waals surface area contributed by atoms with Gasteiger partial charge in [-0.05, 0) is 42.5 Å². The Labute approximate surface area is 94.5 Å². The number of halogens is 1. The molecule has 1 saturated carbocycles. The number of nitrogens with zero attached hydrogens (tertiary/aromatic N) is 1. The van der Waals surface area contributed by atoms with Crippen LogP contribution in [-0.2, 0) is 0 Å². The Morgan fingerprint density at radius 2 is 2.27 bits per heavy atom. The van der Waals surface area contributed by atoms with Crippen LogP contribution in [-0.4, -0.2) is 4.98 Å². The van der Waals surface area contributed by atoms with Gasteiger partial charge in [0.15, 0.2) is 0 Å². The summed E-state index contributed by atoms with van der Waals surface area (Å²) in [5.41, 5.74) is 3.97. The summed E-state index contributed by atoms with van der Waals surface area (Å²) in [6.45, 7) is 0. The van der Waals surface area contributed by atoms with Gasteiger partial charge in [0.05, 0.1) is 0 Å². The summed E-state index contributed by atoms with van der Waals surface area (Å²) in [6.07, 6.45) is 7.37. The molecule has 76 valence electrons. The van der Waals surface area contributed by atoms with Crippen molar-refractivity contribution in [2.24, 2.45) is 0 Å². The van der Waals surface area contributed by atoms with Gasteiger partial charge in [-0.3, -0.25) is 4.98 Å². The molecule has 15 heavy (non-hydrogen) atoms. The fourth-order valence-corrected chi connectivity index (χ4v) is 2.69. The van der Waals surface area contributed by atoms with Crippen LogP contribution in [0.25, 0.3) is 0 Å². The Morgan fingerprint density at radius 1 is 1.33 bits per heavy atom. The van der Waals surface area contributed by atoms with Crippen LogP contribution in [0.15, 0.2) is 46.7 Å². The topological polar surface area (TPSA) is 12.9 Å². The van der Waals surface area contributed by atoms with E-state index in [0.29, 0.717) is 5.92 Å². The fourth-order valence-electron chi connectivity index (χ4n) is 2.40. The van der Waals surface area contributed by atoms with E-state index in [2.05, 4.69) is 23.2 Å². The highest BCUT2D eigenvalue weighted by Gasteiger charge is 2.34. The first-order valence-electron chi connectivity index (χ1n) is 5.35. The smallest absolute Gasteiger partial charge is 0.0481 e. The van der Waals surface area contributed by atoms with Gasteiger partial charge in [0.25, 0.3) is 0 Å². The van der Waals surface area contributed by atoms with Gasteiger partial charge in [-0.2, -0.15) is 0 Å². The highest BCUT2D eigenvalue weighted by Crippen LogP contribution is 2.50. The maximum atomic E-state index is 6.18. The molecule has 0 bridgehead atoms. The minimum Gasteiger partial charge on any atom is -0.261 e. The van der Waals surface area contributed by atoms with Crippen molar-refractivity contribution in [1.82, 2.24) is 4.98 Å². The zero-order valence-electron chi connectivity index (χ0n) is 8.41. The third-order valence-electron chi connectivity index (χ3n) is 3.23. The molecule has 1 heterocycles. The van der Waals surface area contributed by atoms with E-state index in [1.165, 1.54) is 16.8 Å². The highest BCUT2D eigenvalue weighted by atomic mass is 35.5. The Morgan fingerprint density at radius 3 is 3.07 bits per heavy atom. The van der Waals surface area contributed by atoms with Crippen molar-refractivity contribution in [3.05, 3.63) is 52.3 Å². The zero-order valence-corrected chi connectivity index (χ0v) is 9.17. The Hall–Kier alpha value is -1.08. The summed E-state index contributed by atoms with van der Waals surface area (Å²) in [5, 5.41) is 1.07. The summed E-state index contributed by atoms with van der Waals surface area (Å²) in [5.74, 6) is 0.496. The fraction of sp³-hybridized carbons (Fsp3) is 0.308. The molecule has 1 fully saturated rings. The van der Waals surface area contributed by atoms with Crippen LogP contribution in [0.3, 0.4) is 0 Å². The maximum Gasteiger partial charge on any atom is 0.0481 e. The van der Waals surface area contributed by atoms with Crippen LogP contribution in [0.5, 0.6) is 0 Å². The summed E-state index contributed by atoms with van der Waals surface area (Å²) >= 11 is 6.18. The van der Waals surface area contributed by atoms with E-state index in [0.717, 1.165) is 24.3 Å². The summed E-state index contributed by atoms with van der Waals surface area (Å²) < 4.78 is 0. The van der Waals surface area contributed by atoms with Crippen LogP contribution >= 0.6 is 11.6 Å². The van der Waals surface area contributed by atoms with Crippen molar-refractivity contribution >= 4 is 11.6 Å². The van der Waals surface area contributed by atoms with Crippen molar-refractivity contribution in [3.8, 4) is 0 Å². The van der Waals surface area contributed by atoms with Gasteiger partial charge in [0.1, 0.15) is 0 Å². The number of hydrogen-bond acceptors (Lipinski definition) is 1. The predicted octanol–water partition coefficient (Wildman–Crippen LogP) is 3.78. The second kappa shape index (κ2) is 3.49. The number of allylic oxidation sites excluding steroid dienone is 4. The molecule has 3 rings (SSSR count). The molecular weight excluding hydrogens is 206 g/mol. The molecule has 2 aliphatic rings. The van der Waals surface area contributed by atoms with Gasteiger partial charge in [-0.25, -0.2) is 0 Å². The van der Waals surface area contributed by atoms with E-state index in [4.69, 9.17) is 11.6 Å². The molecular formula is C13H12ClN. The molecule has 2 heteroatoms. The lowest BCUT2D eigenvalue weighted by Gasteiger charge is -2.36. The van der Waals surface area contributed by atoms with Crippen LogP contribution in [0.4, 0.5) is 0 Å². The standard InChI is InChI=1S/C13H12ClN/c14-12-5-3-4-9-10(12)8-11(9)13-6-1-2-7-15-13/h1-2,4,6-7,11H,3,5,8H2. The molecule has 1 atom stereocenters. The Kier molecular flexibility index (Phi) is 2.14. The molecule has 1 aromatic rings. The Balaban J connectivity index is 1.92. The molecule has 0 radical (unpaired) electrons. The van der Waals surface area contributed by atoms with Crippen molar-refractivity contribution in [3.63, 3.8) is 0 Å². The second-order valence-corrected chi connectivity index (χ2v) is 4.55. The van der Waals surface area contributed by atoms with E-state index >= 15 is 0 Å². The maximum absolute atomic E-state index is 6.18. The van der Waals surface area contributed by atoms with Gasteiger partial charge >= 0.3 is 0 Å². The van der Waals surface area contributed by atoms with E-state index in [9.17, 15) is 0 Å². The van der Waals surface area contributed by atoms with Crippen LogP contribution in [0.1, 0.15) is 30.9 Å². The second-order valence-electron chi connectivity index (χ2n) is 4.09. The summed E-state index contributed by atoms with van der Waals surface area (Å²) in [4.78, 5) is 4.41. The lowest BCUT2D eigenvalue weighted by molar-refractivity contribution is 0.644. The van der Waals surface area contributed by atoms with E-state index < -0.39 is 0 Å². The first-order chi connectivity index (χ1) is 7.36. The minimum absolute atomic E-state index is 0.496. The third-order valence-corrected chi connectivity index (χ3v) is 3.65. The molecule has 0 aromatic carbocycles. The molecule has 2 aliphatic carbocycles. The molecule has 0 saturated heterocycles. The van der Waals surface area contributed by atoms with Gasteiger partial charge in [-0.1, -0.05) is 23.7 Å². The predicted molar refractivity (Wildman–Crippen MR) is 61.8 cm³/mol. The number of fused-ring (bicyclic) bond motifs is 1. The van der Waals surface area contributed by atoms with Crippen LogP contribution in [0, 0.1) is 0 Å². The number of pyridine rings is 1. The Bertz CT molecular complexity index is 445. The van der Waals surface area contributed by atoms with Gasteiger partial charge in [0.2, 0.25) is 0 Å². The molecule has 0 N–H and O–H groups in total. The molecule has 0 aliphatic heterocycles. The first-order valence-corrected chi connectivity index (χ1v) is 5.73. The molecule has 0 amide bonds. The lowest BCUT2D eigenvalue weighted by atomic mass is 9.70. The van der Waals surface area contributed by atoms with Crippen molar-refractivity contribution in [2.45, 2.75) is 25.2 Å². The number of hydrogen-bond donors (Lipinski definition) is 0. The average molecular weight is 218 g/mol. The quantitative estimate of drug-likeness (QED) is 0.698. The third kappa shape index (κ3) is 1.42. The van der Waals surface area contributed by atoms with Gasteiger partial charge in [-0.15, -0.1) is 0 Å². The molecule has 1 nitrogen and oxygen atoms in total. The van der Waals surface area contributed by atoms with Crippen molar-refractivity contribution in [2.75, 3.05) is 0 Å². The first kappa shape index (κ1) is 9.17. The molecule has 0 spiro atoms. The minimum atomic E-state index is 0.496. The molecule has 1 aromatic heterocycles. The monoisotopic (exact) mass is 217 g/mol. The number of aromatic nitrogens is 1. The van der Waals surface area contributed by atoms with Crippen molar-refractivity contribution < 1.29 is 0 Å². The van der Waals surface area contributed by atoms with Gasteiger partial charge < -0.3 is 0 Å². The summed E-state index contributed by atoms with van der Waals surface area (Å²) in [7, 11) is 0. The largest absolute Gasteiger partial charge is 0.261 e.